The fraction of sp³-hybridized carbons (Fsp3) is 0.294. The van der Waals surface area contributed by atoms with Crippen molar-refractivity contribution in [1.82, 2.24) is 0 Å². The molecule has 0 fully saturated rings. The van der Waals surface area contributed by atoms with Crippen LogP contribution < -0.4 is 0 Å². The zero-order valence-electron chi connectivity index (χ0n) is 11.3. The van der Waals surface area contributed by atoms with Gasteiger partial charge in [-0.2, -0.15) is 0 Å². The third-order valence-corrected chi connectivity index (χ3v) is 5.36. The lowest BCUT2D eigenvalue weighted by molar-refractivity contribution is 0.421. The monoisotopic (exact) mass is 370 g/mol. The normalized spacial score (nSPS) is 21.1. The minimum Gasteiger partial charge on any atom is -0.207 e. The van der Waals surface area contributed by atoms with Crippen LogP contribution in [0.3, 0.4) is 0 Å². The molecule has 2 aromatic rings. The lowest BCUT2D eigenvalue weighted by atomic mass is 9.80. The average Bonchev–Trinajstić information content (AvgIpc) is 2.50. The van der Waals surface area contributed by atoms with Crippen LogP contribution in [0.15, 0.2) is 40.9 Å². The summed E-state index contributed by atoms with van der Waals surface area (Å²) in [5, 5.41) is -0.201. The van der Waals surface area contributed by atoms with Gasteiger partial charge in [-0.1, -0.05) is 24.3 Å². The van der Waals surface area contributed by atoms with Crippen molar-refractivity contribution in [2.45, 2.75) is 24.6 Å². The molecule has 0 saturated carbocycles. The highest BCUT2D eigenvalue weighted by Crippen LogP contribution is 2.41. The SMILES string of the molecule is Fc1ccc(Br)c(F)c1CC1CCc2ccccc2C1Cl. The topological polar surface area (TPSA) is 0 Å². The molecule has 0 amide bonds. The predicted octanol–water partition coefficient (Wildman–Crippen LogP) is 5.81. The van der Waals surface area contributed by atoms with Crippen molar-refractivity contribution in [3.63, 3.8) is 0 Å². The van der Waals surface area contributed by atoms with Crippen molar-refractivity contribution >= 4 is 27.5 Å². The summed E-state index contributed by atoms with van der Waals surface area (Å²) < 4.78 is 28.3. The Morgan fingerprint density at radius 3 is 2.71 bits per heavy atom. The first-order chi connectivity index (χ1) is 10.1. The quantitative estimate of drug-likeness (QED) is 0.461. The molecule has 2 unspecified atom stereocenters. The van der Waals surface area contributed by atoms with Crippen molar-refractivity contribution in [2.24, 2.45) is 5.92 Å². The van der Waals surface area contributed by atoms with E-state index < -0.39 is 11.6 Å². The number of hydrogen-bond donors (Lipinski definition) is 0. The van der Waals surface area contributed by atoms with Gasteiger partial charge in [-0.15, -0.1) is 11.6 Å². The van der Waals surface area contributed by atoms with Crippen molar-refractivity contribution in [3.05, 3.63) is 69.2 Å². The second-order valence-electron chi connectivity index (χ2n) is 5.43. The van der Waals surface area contributed by atoms with Crippen molar-refractivity contribution in [1.29, 1.82) is 0 Å². The van der Waals surface area contributed by atoms with Crippen molar-refractivity contribution < 1.29 is 8.78 Å². The molecule has 0 spiro atoms. The number of rotatable bonds is 2. The van der Waals surface area contributed by atoms with Crippen LogP contribution in [0.2, 0.25) is 0 Å². The summed E-state index contributed by atoms with van der Waals surface area (Å²) in [5.74, 6) is -0.976. The maximum absolute atomic E-state index is 14.1. The summed E-state index contributed by atoms with van der Waals surface area (Å²) in [6, 6.07) is 10.7. The molecular weight excluding hydrogens is 358 g/mol. The summed E-state index contributed by atoms with van der Waals surface area (Å²) in [6.07, 6.45) is 2.07. The Kier molecular flexibility index (Phi) is 4.32. The molecule has 21 heavy (non-hydrogen) atoms. The molecule has 1 aliphatic rings. The number of hydrogen-bond acceptors (Lipinski definition) is 0. The summed E-state index contributed by atoms with van der Waals surface area (Å²) in [5.41, 5.74) is 2.45. The van der Waals surface area contributed by atoms with E-state index in [1.165, 1.54) is 17.7 Å². The van der Waals surface area contributed by atoms with Crippen LogP contribution >= 0.6 is 27.5 Å². The molecule has 110 valence electrons. The van der Waals surface area contributed by atoms with Gasteiger partial charge < -0.3 is 0 Å². The van der Waals surface area contributed by atoms with E-state index in [-0.39, 0.29) is 16.9 Å². The lowest BCUT2D eigenvalue weighted by Crippen LogP contribution is -2.20. The van der Waals surface area contributed by atoms with Gasteiger partial charge in [0.15, 0.2) is 0 Å². The molecule has 0 radical (unpaired) electrons. The van der Waals surface area contributed by atoms with Crippen LogP contribution in [0.5, 0.6) is 0 Å². The van der Waals surface area contributed by atoms with Gasteiger partial charge in [0.1, 0.15) is 11.6 Å². The number of halogens is 4. The van der Waals surface area contributed by atoms with Crippen LogP contribution in [-0.4, -0.2) is 0 Å². The van der Waals surface area contributed by atoms with Crippen LogP contribution in [0.4, 0.5) is 8.78 Å². The Balaban J connectivity index is 1.89. The van der Waals surface area contributed by atoms with Crippen LogP contribution in [0.25, 0.3) is 0 Å². The first-order valence-corrected chi connectivity index (χ1v) is 8.15. The van der Waals surface area contributed by atoms with E-state index in [0.29, 0.717) is 10.9 Å². The molecule has 3 rings (SSSR count). The van der Waals surface area contributed by atoms with Gasteiger partial charge in [0.2, 0.25) is 0 Å². The zero-order chi connectivity index (χ0) is 15.0. The maximum Gasteiger partial charge on any atom is 0.143 e. The van der Waals surface area contributed by atoms with Gasteiger partial charge in [-0.3, -0.25) is 0 Å². The maximum atomic E-state index is 14.1. The van der Waals surface area contributed by atoms with Gasteiger partial charge in [-0.05, 0) is 64.4 Å². The first-order valence-electron chi connectivity index (χ1n) is 6.92. The van der Waals surface area contributed by atoms with Crippen LogP contribution in [0.1, 0.15) is 28.5 Å². The van der Waals surface area contributed by atoms with Gasteiger partial charge in [0.25, 0.3) is 0 Å². The second-order valence-corrected chi connectivity index (χ2v) is 6.75. The van der Waals surface area contributed by atoms with Crippen LogP contribution in [0, 0.1) is 17.6 Å². The van der Waals surface area contributed by atoms with Crippen molar-refractivity contribution in [3.8, 4) is 0 Å². The first kappa shape index (κ1) is 15.0. The molecule has 0 aromatic heterocycles. The summed E-state index contributed by atoms with van der Waals surface area (Å²) in [4.78, 5) is 0. The smallest absolute Gasteiger partial charge is 0.143 e. The van der Waals surface area contributed by atoms with E-state index in [1.807, 2.05) is 18.2 Å². The Hall–Kier alpha value is -0.930. The number of benzene rings is 2. The fourth-order valence-electron chi connectivity index (χ4n) is 3.00. The third kappa shape index (κ3) is 2.86. The van der Waals surface area contributed by atoms with E-state index in [4.69, 9.17) is 11.6 Å². The van der Waals surface area contributed by atoms with E-state index in [1.54, 1.807) is 0 Å². The standard InChI is InChI=1S/C17H14BrClF2/c18-14-7-8-15(20)13(17(14)21)9-11-6-5-10-3-1-2-4-12(10)16(11)19/h1-4,7-8,11,16H,5-6,9H2. The van der Waals surface area contributed by atoms with E-state index >= 15 is 0 Å². The van der Waals surface area contributed by atoms with E-state index in [9.17, 15) is 8.78 Å². The molecule has 0 saturated heterocycles. The summed E-state index contributed by atoms with van der Waals surface area (Å²) in [7, 11) is 0. The van der Waals surface area contributed by atoms with E-state index in [0.717, 1.165) is 18.4 Å². The Bertz CT molecular complexity index is 672. The number of alkyl halides is 1. The van der Waals surface area contributed by atoms with Crippen LogP contribution in [-0.2, 0) is 12.8 Å². The Morgan fingerprint density at radius 1 is 1.14 bits per heavy atom. The molecule has 0 N–H and O–H groups in total. The molecule has 0 nitrogen and oxygen atoms in total. The van der Waals surface area contributed by atoms with Gasteiger partial charge >= 0.3 is 0 Å². The van der Waals surface area contributed by atoms with E-state index in [2.05, 4.69) is 22.0 Å². The Morgan fingerprint density at radius 2 is 1.90 bits per heavy atom. The number of aryl methyl sites for hydroxylation is 1. The molecule has 0 heterocycles. The molecule has 0 bridgehead atoms. The van der Waals surface area contributed by atoms with Gasteiger partial charge in [0, 0.05) is 5.56 Å². The largest absolute Gasteiger partial charge is 0.207 e. The minimum atomic E-state index is -0.516. The summed E-state index contributed by atoms with van der Waals surface area (Å²) >= 11 is 9.66. The highest BCUT2D eigenvalue weighted by molar-refractivity contribution is 9.10. The highest BCUT2D eigenvalue weighted by atomic mass is 79.9. The Labute approximate surface area is 136 Å². The van der Waals surface area contributed by atoms with Crippen molar-refractivity contribution in [2.75, 3.05) is 0 Å². The van der Waals surface area contributed by atoms with Gasteiger partial charge in [-0.25, -0.2) is 8.78 Å². The molecule has 1 aliphatic carbocycles. The highest BCUT2D eigenvalue weighted by Gasteiger charge is 2.29. The molecule has 0 aliphatic heterocycles. The molecule has 4 heteroatoms. The lowest BCUT2D eigenvalue weighted by Gasteiger charge is -2.30. The third-order valence-electron chi connectivity index (χ3n) is 4.16. The average molecular weight is 372 g/mol. The summed E-state index contributed by atoms with van der Waals surface area (Å²) in [6.45, 7) is 0. The van der Waals surface area contributed by atoms with Gasteiger partial charge in [0.05, 0.1) is 9.85 Å². The fourth-order valence-corrected chi connectivity index (χ4v) is 3.80. The molecular formula is C17H14BrClF2. The second kappa shape index (κ2) is 6.05. The number of fused-ring (bicyclic) bond motifs is 1. The molecule has 2 aromatic carbocycles. The predicted molar refractivity (Wildman–Crippen MR) is 84.6 cm³/mol. The zero-order valence-corrected chi connectivity index (χ0v) is 13.6. The molecule has 2 atom stereocenters. The minimum absolute atomic E-state index is 0.0415.